The van der Waals surface area contributed by atoms with Crippen molar-refractivity contribution in [2.75, 3.05) is 18.0 Å². The topological polar surface area (TPSA) is 55.2 Å². The first kappa shape index (κ1) is 20.6. The van der Waals surface area contributed by atoms with Gasteiger partial charge in [0.05, 0.1) is 10.9 Å². The molecule has 1 aliphatic heterocycles. The van der Waals surface area contributed by atoms with Gasteiger partial charge in [-0.1, -0.05) is 33.4 Å². The maximum atomic E-state index is 12.9. The Morgan fingerprint density at radius 1 is 1.30 bits per heavy atom. The smallest absolute Gasteiger partial charge is 0.262 e. The molecule has 0 N–H and O–H groups in total. The van der Waals surface area contributed by atoms with Gasteiger partial charge < -0.3 is 4.90 Å². The summed E-state index contributed by atoms with van der Waals surface area (Å²) >= 11 is 0. The van der Waals surface area contributed by atoms with Crippen LogP contribution in [0.15, 0.2) is 40.7 Å². The third kappa shape index (κ3) is 3.72. The van der Waals surface area contributed by atoms with Crippen molar-refractivity contribution in [2.45, 2.75) is 41.0 Å². The van der Waals surface area contributed by atoms with Crippen molar-refractivity contribution in [1.82, 2.24) is 9.55 Å². The van der Waals surface area contributed by atoms with Crippen molar-refractivity contribution >= 4 is 22.6 Å². The van der Waals surface area contributed by atoms with Crippen molar-refractivity contribution in [2.24, 2.45) is 7.05 Å². The number of hydrogen-bond donors (Lipinski definition) is 0. The molecular formula is C22H29N3O2. The van der Waals surface area contributed by atoms with E-state index in [1.165, 1.54) is 18.1 Å². The summed E-state index contributed by atoms with van der Waals surface area (Å²) in [6, 6.07) is 3.60. The summed E-state index contributed by atoms with van der Waals surface area (Å²) < 4.78 is 1.57. The number of nitrogens with zero attached hydrogens (tertiary/aromatic N) is 3. The van der Waals surface area contributed by atoms with Crippen LogP contribution >= 0.6 is 0 Å². The Kier molecular flexibility index (Phi) is 6.37. The molecule has 0 fully saturated rings. The number of carbonyl (C=O) groups is 1. The van der Waals surface area contributed by atoms with E-state index >= 15 is 0 Å². The number of fused-ring (bicyclic) bond motifs is 1. The summed E-state index contributed by atoms with van der Waals surface area (Å²) in [6.07, 6.45) is 2.82. The van der Waals surface area contributed by atoms with Crippen molar-refractivity contribution < 1.29 is 4.79 Å². The van der Waals surface area contributed by atoms with Crippen LogP contribution in [0.2, 0.25) is 0 Å². The highest BCUT2D eigenvalue weighted by molar-refractivity contribution is 6.05. The zero-order valence-corrected chi connectivity index (χ0v) is 17.2. The number of aromatic nitrogens is 2. The molecule has 0 saturated heterocycles. The monoisotopic (exact) mass is 367 g/mol. The maximum absolute atomic E-state index is 12.9. The molecule has 0 bridgehead atoms. The Morgan fingerprint density at radius 2 is 1.96 bits per heavy atom. The predicted molar refractivity (Wildman–Crippen MR) is 113 cm³/mol. The molecule has 1 aromatic heterocycles. The lowest BCUT2D eigenvalue weighted by Gasteiger charge is -2.21. The highest BCUT2D eigenvalue weighted by atomic mass is 16.1. The largest absolute Gasteiger partial charge is 0.334 e. The average Bonchev–Trinajstić information content (AvgIpc) is 3.09. The van der Waals surface area contributed by atoms with Crippen LogP contribution in [0.3, 0.4) is 0 Å². The molecular weight excluding hydrogens is 338 g/mol. The molecule has 1 aliphatic rings. The number of aryl methyl sites for hydroxylation is 1. The molecule has 1 aromatic carbocycles. The van der Waals surface area contributed by atoms with E-state index in [9.17, 15) is 9.59 Å². The second-order valence-corrected chi connectivity index (χ2v) is 6.58. The summed E-state index contributed by atoms with van der Waals surface area (Å²) in [5.41, 5.74) is 4.24. The summed E-state index contributed by atoms with van der Waals surface area (Å²) in [5, 5.41) is 0.489. The second kappa shape index (κ2) is 8.33. The Hall–Kier alpha value is -2.69. The summed E-state index contributed by atoms with van der Waals surface area (Å²) in [6.45, 7) is 14.8. The third-order valence-corrected chi connectivity index (χ3v) is 4.83. The van der Waals surface area contributed by atoms with Gasteiger partial charge >= 0.3 is 0 Å². The van der Waals surface area contributed by atoms with Gasteiger partial charge in [-0.05, 0) is 49.1 Å². The van der Waals surface area contributed by atoms with Crippen LogP contribution in [0.1, 0.15) is 50.0 Å². The van der Waals surface area contributed by atoms with E-state index in [0.717, 1.165) is 18.5 Å². The predicted octanol–water partition coefficient (Wildman–Crippen LogP) is 4.18. The SMILES string of the molecule is C=CC1=C(CC)CN(c2nc3c(C(C)=O)cc(C)cc3c(=O)n2C)C1.CC. The van der Waals surface area contributed by atoms with Gasteiger partial charge in [-0.25, -0.2) is 4.98 Å². The molecule has 0 atom stereocenters. The molecule has 27 heavy (non-hydrogen) atoms. The molecule has 0 spiro atoms. The lowest BCUT2D eigenvalue weighted by Crippen LogP contribution is -2.31. The van der Waals surface area contributed by atoms with Gasteiger partial charge in [-0.15, -0.1) is 0 Å². The Balaban J connectivity index is 0.00000126. The molecule has 2 heterocycles. The minimum Gasteiger partial charge on any atom is -0.334 e. The number of hydrogen-bond acceptors (Lipinski definition) is 4. The van der Waals surface area contributed by atoms with Gasteiger partial charge in [0.15, 0.2) is 5.78 Å². The number of Topliss-reactive ketones (excluding diaryl/α,β-unsaturated/α-hetero) is 1. The molecule has 3 rings (SSSR count). The van der Waals surface area contributed by atoms with E-state index in [-0.39, 0.29) is 11.3 Å². The van der Waals surface area contributed by atoms with E-state index < -0.39 is 0 Å². The molecule has 2 aromatic rings. The molecule has 0 unspecified atom stereocenters. The average molecular weight is 367 g/mol. The third-order valence-electron chi connectivity index (χ3n) is 4.83. The minimum absolute atomic E-state index is 0.0824. The van der Waals surface area contributed by atoms with Gasteiger partial charge in [0.1, 0.15) is 0 Å². The molecule has 0 saturated carbocycles. The Bertz CT molecular complexity index is 983. The lowest BCUT2D eigenvalue weighted by atomic mass is 10.0. The fourth-order valence-corrected chi connectivity index (χ4v) is 3.45. The van der Waals surface area contributed by atoms with E-state index in [4.69, 9.17) is 4.98 Å². The van der Waals surface area contributed by atoms with Crippen LogP contribution in [-0.4, -0.2) is 28.4 Å². The quantitative estimate of drug-likeness (QED) is 0.761. The van der Waals surface area contributed by atoms with Crippen LogP contribution in [0.5, 0.6) is 0 Å². The first-order chi connectivity index (χ1) is 12.9. The second-order valence-electron chi connectivity index (χ2n) is 6.58. The number of carbonyl (C=O) groups excluding carboxylic acids is 1. The van der Waals surface area contributed by atoms with E-state index in [1.54, 1.807) is 23.7 Å². The Morgan fingerprint density at radius 3 is 2.48 bits per heavy atom. The molecule has 0 radical (unpaired) electrons. The van der Waals surface area contributed by atoms with Crippen LogP contribution in [0.25, 0.3) is 10.9 Å². The van der Waals surface area contributed by atoms with Crippen molar-refractivity contribution in [3.05, 3.63) is 57.4 Å². The zero-order chi connectivity index (χ0) is 20.3. The summed E-state index contributed by atoms with van der Waals surface area (Å²) in [5.74, 6) is 0.507. The van der Waals surface area contributed by atoms with Crippen LogP contribution in [-0.2, 0) is 7.05 Å². The van der Waals surface area contributed by atoms with E-state index in [0.29, 0.717) is 29.0 Å². The summed E-state index contributed by atoms with van der Waals surface area (Å²) in [7, 11) is 1.73. The first-order valence-corrected chi connectivity index (χ1v) is 9.48. The maximum Gasteiger partial charge on any atom is 0.262 e. The number of ketones is 1. The van der Waals surface area contributed by atoms with Gasteiger partial charge in [-0.3, -0.25) is 14.2 Å². The standard InChI is InChI=1S/C20H23N3O2.C2H6/c1-6-14-10-23(11-15(14)7-2)20-21-18-16(13(4)24)8-12(3)9-17(18)19(25)22(20)5;1-2/h6,8-9H,1,7,10-11H2,2-5H3;1-2H3. The van der Waals surface area contributed by atoms with Crippen LogP contribution in [0.4, 0.5) is 5.95 Å². The summed E-state index contributed by atoms with van der Waals surface area (Å²) in [4.78, 5) is 31.7. The van der Waals surface area contributed by atoms with Crippen molar-refractivity contribution in [1.29, 1.82) is 0 Å². The van der Waals surface area contributed by atoms with E-state index in [2.05, 4.69) is 18.4 Å². The molecule has 0 aliphatic carbocycles. The number of anilines is 1. The van der Waals surface area contributed by atoms with E-state index in [1.807, 2.05) is 26.8 Å². The van der Waals surface area contributed by atoms with Crippen molar-refractivity contribution in [3.8, 4) is 0 Å². The molecule has 5 heteroatoms. The fraction of sp³-hybridized carbons (Fsp3) is 0.409. The van der Waals surface area contributed by atoms with Gasteiger partial charge in [0, 0.05) is 25.7 Å². The zero-order valence-electron chi connectivity index (χ0n) is 17.2. The minimum atomic E-state index is -0.128. The molecule has 5 nitrogen and oxygen atoms in total. The van der Waals surface area contributed by atoms with Crippen LogP contribution in [0, 0.1) is 6.92 Å². The van der Waals surface area contributed by atoms with Gasteiger partial charge in [0.25, 0.3) is 5.56 Å². The van der Waals surface area contributed by atoms with Gasteiger partial charge in [-0.2, -0.15) is 0 Å². The highest BCUT2D eigenvalue weighted by Gasteiger charge is 2.24. The Labute approximate surface area is 161 Å². The first-order valence-electron chi connectivity index (χ1n) is 9.48. The number of rotatable bonds is 4. The lowest BCUT2D eigenvalue weighted by molar-refractivity contribution is 0.101. The molecule has 144 valence electrons. The highest BCUT2D eigenvalue weighted by Crippen LogP contribution is 2.26. The molecule has 0 amide bonds. The van der Waals surface area contributed by atoms with Crippen LogP contribution < -0.4 is 10.5 Å². The van der Waals surface area contributed by atoms with Gasteiger partial charge in [0.2, 0.25) is 5.95 Å². The fourth-order valence-electron chi connectivity index (χ4n) is 3.45. The van der Waals surface area contributed by atoms with Crippen molar-refractivity contribution in [3.63, 3.8) is 0 Å². The normalized spacial score (nSPS) is 13.6. The number of benzene rings is 1.